The van der Waals surface area contributed by atoms with Crippen LogP contribution >= 0.6 is 11.8 Å². The molecule has 1 aliphatic carbocycles. The molecular weight excluding hydrogens is 230 g/mol. The van der Waals surface area contributed by atoms with E-state index in [1.54, 1.807) is 0 Å². The van der Waals surface area contributed by atoms with Crippen molar-refractivity contribution in [2.45, 2.75) is 51.0 Å². The second-order valence-electron chi connectivity index (χ2n) is 5.04. The summed E-state index contributed by atoms with van der Waals surface area (Å²) in [4.78, 5) is 12.2. The third-order valence-electron chi connectivity index (χ3n) is 3.58. The molecule has 0 spiro atoms. The van der Waals surface area contributed by atoms with Crippen LogP contribution < -0.4 is 5.32 Å². The van der Waals surface area contributed by atoms with Gasteiger partial charge in [0.1, 0.15) is 0 Å². The Hall–Kier alpha value is -0.280. The lowest BCUT2D eigenvalue weighted by Gasteiger charge is -2.23. The van der Waals surface area contributed by atoms with Gasteiger partial charge in [-0.1, -0.05) is 18.9 Å². The van der Waals surface area contributed by atoms with E-state index in [9.17, 15) is 4.79 Å². The van der Waals surface area contributed by atoms with E-state index in [0.29, 0.717) is 18.2 Å². The van der Waals surface area contributed by atoms with Gasteiger partial charge < -0.3 is 5.32 Å². The largest absolute Gasteiger partial charge is 0.312 e. The van der Waals surface area contributed by atoms with Crippen molar-refractivity contribution >= 4 is 17.5 Å². The highest BCUT2D eigenvalue weighted by Crippen LogP contribution is 2.20. The quantitative estimate of drug-likeness (QED) is 0.838. The lowest BCUT2D eigenvalue weighted by Crippen LogP contribution is -2.39. The summed E-state index contributed by atoms with van der Waals surface area (Å²) in [7, 11) is 0. The molecule has 2 rings (SSSR count). The number of carbonyl (C=O) groups excluding carboxylic acids is 1. The fourth-order valence-corrected chi connectivity index (χ4v) is 3.50. The van der Waals surface area contributed by atoms with Crippen LogP contribution in [0.15, 0.2) is 11.6 Å². The van der Waals surface area contributed by atoms with Gasteiger partial charge in [0, 0.05) is 30.5 Å². The monoisotopic (exact) mass is 253 g/mol. The van der Waals surface area contributed by atoms with Gasteiger partial charge in [-0.2, -0.15) is 11.8 Å². The minimum atomic E-state index is 0.395. The summed E-state index contributed by atoms with van der Waals surface area (Å²) < 4.78 is 0. The summed E-state index contributed by atoms with van der Waals surface area (Å²) in [6.45, 7) is 1.06. The SMILES string of the molecule is O=C(CC1CSCCN1)C1=CCCCCCC1. The van der Waals surface area contributed by atoms with E-state index in [0.717, 1.165) is 30.7 Å². The predicted octanol–water partition coefficient (Wildman–Crippen LogP) is 2.93. The molecule has 0 aromatic rings. The molecule has 2 aliphatic rings. The molecule has 3 heteroatoms. The fraction of sp³-hybridized carbons (Fsp3) is 0.786. The second kappa shape index (κ2) is 7.22. The van der Waals surface area contributed by atoms with E-state index < -0.39 is 0 Å². The molecule has 1 N–H and O–H groups in total. The summed E-state index contributed by atoms with van der Waals surface area (Å²) in [6, 6.07) is 0.410. The van der Waals surface area contributed by atoms with Crippen LogP contribution in [0.4, 0.5) is 0 Å². The summed E-state index contributed by atoms with van der Waals surface area (Å²) in [5.41, 5.74) is 1.11. The van der Waals surface area contributed by atoms with Crippen molar-refractivity contribution in [2.75, 3.05) is 18.1 Å². The van der Waals surface area contributed by atoms with Gasteiger partial charge in [-0.05, 0) is 31.3 Å². The van der Waals surface area contributed by atoms with Crippen LogP contribution in [0.25, 0.3) is 0 Å². The summed E-state index contributed by atoms with van der Waals surface area (Å²) >= 11 is 1.96. The number of thioether (sulfide) groups is 1. The van der Waals surface area contributed by atoms with Crippen LogP contribution in [-0.4, -0.2) is 29.9 Å². The molecule has 0 bridgehead atoms. The van der Waals surface area contributed by atoms with Crippen LogP contribution in [0.2, 0.25) is 0 Å². The van der Waals surface area contributed by atoms with E-state index in [1.807, 2.05) is 11.8 Å². The first kappa shape index (κ1) is 13.2. The molecule has 96 valence electrons. The lowest BCUT2D eigenvalue weighted by atomic mass is 9.94. The second-order valence-corrected chi connectivity index (χ2v) is 6.19. The topological polar surface area (TPSA) is 29.1 Å². The summed E-state index contributed by atoms with van der Waals surface area (Å²) in [5, 5.41) is 3.45. The standard InChI is InChI=1S/C14H23NOS/c16-14(10-13-11-17-9-8-15-13)12-6-4-2-1-3-5-7-12/h6,13,15H,1-5,7-11H2. The van der Waals surface area contributed by atoms with Gasteiger partial charge in [-0.3, -0.25) is 4.79 Å². The van der Waals surface area contributed by atoms with Crippen molar-refractivity contribution < 1.29 is 4.79 Å². The first-order chi connectivity index (χ1) is 8.36. The van der Waals surface area contributed by atoms with Crippen molar-refractivity contribution in [3.05, 3.63) is 11.6 Å². The Labute approximate surface area is 109 Å². The molecule has 0 aromatic heterocycles. The molecule has 1 atom stereocenters. The number of carbonyl (C=O) groups is 1. The maximum absolute atomic E-state index is 12.2. The van der Waals surface area contributed by atoms with Crippen LogP contribution in [0.3, 0.4) is 0 Å². The van der Waals surface area contributed by atoms with E-state index in [-0.39, 0.29) is 0 Å². The average molecular weight is 253 g/mol. The summed E-state index contributed by atoms with van der Waals surface area (Å²) in [6.07, 6.45) is 10.1. The number of Topliss-reactive ketones (excluding diaryl/α,β-unsaturated/α-hetero) is 1. The van der Waals surface area contributed by atoms with E-state index in [1.165, 1.54) is 31.4 Å². The fourth-order valence-electron chi connectivity index (χ4n) is 2.55. The first-order valence-corrected chi connectivity index (χ1v) is 8.05. The number of nitrogens with one attached hydrogen (secondary N) is 1. The maximum atomic E-state index is 12.2. The molecule has 2 nitrogen and oxygen atoms in total. The van der Waals surface area contributed by atoms with Gasteiger partial charge in [0.2, 0.25) is 0 Å². The third-order valence-corrected chi connectivity index (χ3v) is 4.71. The number of hydrogen-bond acceptors (Lipinski definition) is 3. The van der Waals surface area contributed by atoms with E-state index in [2.05, 4.69) is 11.4 Å². The molecule has 0 amide bonds. The van der Waals surface area contributed by atoms with Crippen molar-refractivity contribution in [2.24, 2.45) is 0 Å². The highest BCUT2D eigenvalue weighted by molar-refractivity contribution is 7.99. The first-order valence-electron chi connectivity index (χ1n) is 6.89. The molecule has 1 heterocycles. The number of hydrogen-bond donors (Lipinski definition) is 1. The van der Waals surface area contributed by atoms with Crippen LogP contribution in [0, 0.1) is 0 Å². The zero-order valence-electron chi connectivity index (χ0n) is 10.5. The van der Waals surface area contributed by atoms with E-state index >= 15 is 0 Å². The highest BCUT2D eigenvalue weighted by atomic mass is 32.2. The van der Waals surface area contributed by atoms with Gasteiger partial charge in [0.15, 0.2) is 5.78 Å². The lowest BCUT2D eigenvalue weighted by molar-refractivity contribution is -0.116. The molecule has 0 radical (unpaired) electrons. The van der Waals surface area contributed by atoms with Crippen LogP contribution in [0.5, 0.6) is 0 Å². The predicted molar refractivity (Wildman–Crippen MR) is 74.5 cm³/mol. The smallest absolute Gasteiger partial charge is 0.160 e. The summed E-state index contributed by atoms with van der Waals surface area (Å²) in [5.74, 6) is 2.68. The number of allylic oxidation sites excluding steroid dienone is 2. The normalized spacial score (nSPS) is 26.8. The Bertz CT molecular complexity index is 282. The van der Waals surface area contributed by atoms with Gasteiger partial charge in [0.05, 0.1) is 0 Å². The Morgan fingerprint density at radius 2 is 2.24 bits per heavy atom. The van der Waals surface area contributed by atoms with Crippen molar-refractivity contribution in [3.8, 4) is 0 Å². The zero-order chi connectivity index (χ0) is 11.9. The average Bonchev–Trinajstić information content (AvgIpc) is 2.29. The Kier molecular flexibility index (Phi) is 5.59. The molecule has 1 saturated heterocycles. The number of rotatable bonds is 3. The molecule has 0 saturated carbocycles. The van der Waals surface area contributed by atoms with Gasteiger partial charge in [-0.25, -0.2) is 0 Å². The zero-order valence-corrected chi connectivity index (χ0v) is 11.4. The Morgan fingerprint density at radius 3 is 3.06 bits per heavy atom. The molecule has 1 aliphatic heterocycles. The van der Waals surface area contributed by atoms with Crippen molar-refractivity contribution in [1.29, 1.82) is 0 Å². The molecule has 1 unspecified atom stereocenters. The van der Waals surface area contributed by atoms with E-state index in [4.69, 9.17) is 0 Å². The Balaban J connectivity index is 1.84. The minimum Gasteiger partial charge on any atom is -0.312 e. The van der Waals surface area contributed by atoms with Crippen LogP contribution in [-0.2, 0) is 4.79 Å². The molecule has 17 heavy (non-hydrogen) atoms. The highest BCUT2D eigenvalue weighted by Gasteiger charge is 2.19. The Morgan fingerprint density at radius 1 is 1.35 bits per heavy atom. The van der Waals surface area contributed by atoms with Gasteiger partial charge >= 0.3 is 0 Å². The number of ketones is 1. The molecule has 0 aromatic carbocycles. The third kappa shape index (κ3) is 4.47. The minimum absolute atomic E-state index is 0.395. The molecular formula is C14H23NOS. The van der Waals surface area contributed by atoms with Crippen molar-refractivity contribution in [1.82, 2.24) is 5.32 Å². The van der Waals surface area contributed by atoms with Gasteiger partial charge in [-0.15, -0.1) is 0 Å². The maximum Gasteiger partial charge on any atom is 0.160 e. The van der Waals surface area contributed by atoms with Crippen molar-refractivity contribution in [3.63, 3.8) is 0 Å². The van der Waals surface area contributed by atoms with Crippen LogP contribution in [0.1, 0.15) is 44.9 Å². The van der Waals surface area contributed by atoms with Gasteiger partial charge in [0.25, 0.3) is 0 Å². The molecule has 1 fully saturated rings.